The minimum atomic E-state index is -6.39. The number of hydrogen-bond acceptors (Lipinski definition) is 4. The molecule has 0 aromatic heterocycles. The highest BCUT2D eigenvalue weighted by molar-refractivity contribution is 5.77. The minimum Gasteiger partial charge on any atom is -0.462 e. The Kier molecular flexibility index (Phi) is 9.08. The molecule has 4 nitrogen and oxygen atoms in total. The summed E-state index contributed by atoms with van der Waals surface area (Å²) < 4.78 is 278. The summed E-state index contributed by atoms with van der Waals surface area (Å²) >= 11 is 0. The molecule has 0 saturated heterocycles. The van der Waals surface area contributed by atoms with E-state index in [9.17, 15) is 79.8 Å². The number of halogens is 19. The molecule has 23 heteroatoms. The quantitative estimate of drug-likeness (QED) is 0.204. The molecule has 59 heavy (non-hydrogen) atoms. The van der Waals surface area contributed by atoms with Gasteiger partial charge in [-0.2, -0.15) is 65.9 Å². The van der Waals surface area contributed by atoms with Gasteiger partial charge in [-0.1, -0.05) is 20.8 Å². The third-order valence-electron chi connectivity index (χ3n) is 16.1. The van der Waals surface area contributed by atoms with Crippen LogP contribution in [0.15, 0.2) is 0 Å². The summed E-state index contributed by atoms with van der Waals surface area (Å²) in [4.78, 5) is 24.7. The smallest absolute Gasteiger partial charge is 0.404 e. The highest BCUT2D eigenvalue weighted by Gasteiger charge is 3.05. The third-order valence-corrected chi connectivity index (χ3v) is 16.1. The second-order valence-corrected chi connectivity index (χ2v) is 18.2. The topological polar surface area (TPSA) is 52.6 Å². The number of alkyl halides is 19. The molecule has 0 heterocycles. The molecule has 8 rings (SSSR count). The first kappa shape index (κ1) is 44.7. The molecule has 0 aromatic rings. The van der Waals surface area contributed by atoms with Gasteiger partial charge in [0.05, 0.1) is 5.92 Å². The van der Waals surface area contributed by atoms with Crippen LogP contribution < -0.4 is 0 Å². The normalized spacial score (nSPS) is 50.1. The second kappa shape index (κ2) is 12.0. The fraction of sp³-hybridized carbons (Fsp3) is 0.944. The first-order valence-electron chi connectivity index (χ1n) is 18.9. The monoisotopic (exact) mass is 894 g/mol. The van der Waals surface area contributed by atoms with Crippen LogP contribution in [0.2, 0.25) is 0 Å². The van der Waals surface area contributed by atoms with Crippen molar-refractivity contribution in [2.45, 2.75) is 149 Å². The molecule has 0 N–H and O–H groups in total. The number of fused-ring (bicyclic) bond motifs is 12. The average Bonchev–Trinajstić information content (AvgIpc) is 3.98. The molecule has 0 spiro atoms. The lowest BCUT2D eigenvalue weighted by Gasteiger charge is -2.43. The van der Waals surface area contributed by atoms with Crippen molar-refractivity contribution in [3.63, 3.8) is 0 Å². The number of ether oxygens (including phenoxy) is 2. The highest BCUT2D eigenvalue weighted by Crippen LogP contribution is 2.81. The first-order valence-corrected chi connectivity index (χ1v) is 18.9. The Hall–Kier alpha value is -2.39. The molecular formula is C36H37F19O4. The van der Waals surface area contributed by atoms with E-state index in [1.54, 1.807) is 0 Å². The highest BCUT2D eigenvalue weighted by atomic mass is 19.4. The zero-order valence-electron chi connectivity index (χ0n) is 31.1. The number of carbonyl (C=O) groups excluding carboxylic acids is 2. The fourth-order valence-corrected chi connectivity index (χ4v) is 12.3. The van der Waals surface area contributed by atoms with E-state index in [0.717, 1.165) is 13.3 Å². The average molecular weight is 895 g/mol. The maximum absolute atomic E-state index is 15.4. The van der Waals surface area contributed by atoms with Crippen LogP contribution in [0.1, 0.15) is 72.6 Å². The summed E-state index contributed by atoms with van der Waals surface area (Å²) in [7, 11) is 0. The van der Waals surface area contributed by atoms with Gasteiger partial charge in [0.1, 0.15) is 12.2 Å². The molecule has 8 saturated carbocycles. The third kappa shape index (κ3) is 4.45. The Morgan fingerprint density at radius 2 is 0.932 bits per heavy atom. The van der Waals surface area contributed by atoms with Crippen LogP contribution in [-0.2, 0) is 19.1 Å². The standard InChI is InChI=1S/C20H22F8O2.C16H15F11O2/c1-7-8(2)11-3-9(7)4-12(11)15(29)30-14-6-10-5-13(14)17(22)16(10,21)18(23,24)20(27,28)19(17,25)26;1-3-10(2,16(25,26)27)9(28)29-8-5-6-4-7(8)12(18)11(6,17)13(19,20)15(23,24)14(12,21)22/h7-14H,3-6H2,1-2H3;6-8H,3-5H2,1-2H3. The van der Waals surface area contributed by atoms with Gasteiger partial charge in [0.25, 0.3) is 0 Å². The summed E-state index contributed by atoms with van der Waals surface area (Å²) in [5.74, 6) is -48.4. The van der Waals surface area contributed by atoms with Gasteiger partial charge in [-0.25, -0.2) is 17.6 Å². The predicted octanol–water partition coefficient (Wildman–Crippen LogP) is 10.5. The van der Waals surface area contributed by atoms with Gasteiger partial charge in [-0.3, -0.25) is 9.59 Å². The van der Waals surface area contributed by atoms with Gasteiger partial charge in [-0.15, -0.1) is 0 Å². The van der Waals surface area contributed by atoms with E-state index in [0.29, 0.717) is 25.2 Å². The lowest BCUT2D eigenvalue weighted by atomic mass is 9.73. The van der Waals surface area contributed by atoms with E-state index in [-0.39, 0.29) is 11.8 Å². The number of rotatable bonds is 5. The summed E-state index contributed by atoms with van der Waals surface area (Å²) in [5, 5.41) is 0. The summed E-state index contributed by atoms with van der Waals surface area (Å²) in [6.07, 6.45) is -12.2. The van der Waals surface area contributed by atoms with Crippen LogP contribution >= 0.6 is 0 Å². The van der Waals surface area contributed by atoms with E-state index in [2.05, 4.69) is 11.7 Å². The molecule has 6 bridgehead atoms. The van der Waals surface area contributed by atoms with Crippen molar-refractivity contribution >= 4 is 11.9 Å². The minimum absolute atomic E-state index is 0.0114. The molecule has 0 aromatic carbocycles. The zero-order chi connectivity index (χ0) is 44.9. The summed E-state index contributed by atoms with van der Waals surface area (Å²) in [6, 6.07) is 0. The van der Waals surface area contributed by atoms with Crippen LogP contribution in [0.25, 0.3) is 0 Å². The van der Waals surface area contributed by atoms with Gasteiger partial charge in [0, 0.05) is 23.7 Å². The maximum atomic E-state index is 15.4. The Balaban J connectivity index is 0.000000179. The SMILES string of the molecule is CC1C2CC(C(=O)OC3CC4CC3C3(F)C(F)(F)C(F)(F)C(F)(F)C43F)C(C2)C1C.CCC(C)(C(=O)OC1CC2CC1C1(F)C(F)(F)C(F)(F)C(F)(F)C21F)C(F)(F)F. The molecule has 8 aliphatic carbocycles. The van der Waals surface area contributed by atoms with Crippen LogP contribution in [0.3, 0.4) is 0 Å². The zero-order valence-corrected chi connectivity index (χ0v) is 31.1. The van der Waals surface area contributed by atoms with Crippen LogP contribution in [0.5, 0.6) is 0 Å². The molecule has 338 valence electrons. The van der Waals surface area contributed by atoms with Crippen molar-refractivity contribution in [1.29, 1.82) is 0 Å². The fourth-order valence-electron chi connectivity index (χ4n) is 12.3. The lowest BCUT2D eigenvalue weighted by Crippen LogP contribution is -2.64. The maximum Gasteiger partial charge on any atom is 0.404 e. The van der Waals surface area contributed by atoms with Crippen molar-refractivity contribution in [3.05, 3.63) is 0 Å². The number of hydrogen-bond donors (Lipinski definition) is 0. The van der Waals surface area contributed by atoms with Gasteiger partial charge in [0.2, 0.25) is 22.7 Å². The van der Waals surface area contributed by atoms with E-state index >= 15 is 13.2 Å². The van der Waals surface area contributed by atoms with E-state index in [1.165, 1.54) is 0 Å². The molecule has 0 aliphatic heterocycles. The van der Waals surface area contributed by atoms with Gasteiger partial charge >= 0.3 is 53.7 Å². The van der Waals surface area contributed by atoms with E-state index in [4.69, 9.17) is 4.74 Å². The molecular weight excluding hydrogens is 857 g/mol. The van der Waals surface area contributed by atoms with Crippen LogP contribution in [0.4, 0.5) is 83.4 Å². The summed E-state index contributed by atoms with van der Waals surface area (Å²) in [6.45, 7) is 5.43. The van der Waals surface area contributed by atoms with Crippen LogP contribution in [0, 0.1) is 58.7 Å². The number of carbonyl (C=O) groups is 2. The molecule has 0 radical (unpaired) electrons. The Labute approximate surface area is 322 Å². The molecule has 8 fully saturated rings. The lowest BCUT2D eigenvalue weighted by molar-refractivity contribution is -0.298. The second-order valence-electron chi connectivity index (χ2n) is 18.2. The largest absolute Gasteiger partial charge is 0.462 e. The molecule has 16 atom stereocenters. The molecule has 16 unspecified atom stereocenters. The van der Waals surface area contributed by atoms with Gasteiger partial charge in [-0.05, 0) is 75.5 Å². The Bertz CT molecular complexity index is 1790. The van der Waals surface area contributed by atoms with Crippen molar-refractivity contribution in [1.82, 2.24) is 0 Å². The van der Waals surface area contributed by atoms with Crippen molar-refractivity contribution in [2.75, 3.05) is 0 Å². The molecule has 0 amide bonds. The Morgan fingerprint density at radius 3 is 1.29 bits per heavy atom. The summed E-state index contributed by atoms with van der Waals surface area (Å²) in [5.41, 5.74) is -22.7. The van der Waals surface area contributed by atoms with Crippen molar-refractivity contribution in [3.8, 4) is 0 Å². The van der Waals surface area contributed by atoms with Crippen molar-refractivity contribution in [2.24, 2.45) is 58.7 Å². The van der Waals surface area contributed by atoms with Gasteiger partial charge in [0.15, 0.2) is 5.41 Å². The predicted molar refractivity (Wildman–Crippen MR) is 160 cm³/mol. The molecule has 8 aliphatic rings. The number of esters is 2. The van der Waals surface area contributed by atoms with Crippen LogP contribution in [-0.4, -0.2) is 88.5 Å². The van der Waals surface area contributed by atoms with Crippen molar-refractivity contribution < 1.29 is 102 Å². The van der Waals surface area contributed by atoms with E-state index in [1.807, 2.05) is 6.92 Å². The van der Waals surface area contributed by atoms with E-state index < -0.39 is 156 Å². The van der Waals surface area contributed by atoms with Gasteiger partial charge < -0.3 is 9.47 Å². The Morgan fingerprint density at radius 1 is 0.542 bits per heavy atom. The first-order chi connectivity index (χ1) is 26.4.